The molecular formula is C14H12F2N2O2. The van der Waals surface area contributed by atoms with Gasteiger partial charge in [-0.25, -0.2) is 4.98 Å². The highest BCUT2D eigenvalue weighted by Crippen LogP contribution is 2.17. The Labute approximate surface area is 114 Å². The lowest BCUT2D eigenvalue weighted by molar-refractivity contribution is -0.0498. The number of aryl methyl sites for hydroxylation is 1. The summed E-state index contributed by atoms with van der Waals surface area (Å²) in [6.07, 6.45) is 1.57. The van der Waals surface area contributed by atoms with Gasteiger partial charge in [-0.15, -0.1) is 0 Å². The van der Waals surface area contributed by atoms with E-state index in [2.05, 4.69) is 15.0 Å². The zero-order valence-corrected chi connectivity index (χ0v) is 10.6. The molecule has 1 aromatic heterocycles. The van der Waals surface area contributed by atoms with E-state index < -0.39 is 12.5 Å². The summed E-state index contributed by atoms with van der Waals surface area (Å²) in [7, 11) is 0. The van der Waals surface area contributed by atoms with Crippen molar-refractivity contribution in [2.24, 2.45) is 0 Å². The molecule has 0 unspecified atom stereocenters. The topological polar surface area (TPSA) is 51.2 Å². The van der Waals surface area contributed by atoms with Gasteiger partial charge in [-0.3, -0.25) is 4.79 Å². The molecule has 0 aliphatic heterocycles. The van der Waals surface area contributed by atoms with Gasteiger partial charge in [-0.05, 0) is 42.8 Å². The van der Waals surface area contributed by atoms with Crippen molar-refractivity contribution in [1.29, 1.82) is 0 Å². The molecule has 2 aromatic rings. The molecule has 0 aliphatic carbocycles. The molecule has 1 heterocycles. The third-order valence-electron chi connectivity index (χ3n) is 2.48. The quantitative estimate of drug-likeness (QED) is 0.934. The molecule has 6 heteroatoms. The van der Waals surface area contributed by atoms with E-state index in [9.17, 15) is 13.6 Å². The minimum atomic E-state index is -2.92. The van der Waals surface area contributed by atoms with Crippen molar-refractivity contribution in [2.75, 3.05) is 5.32 Å². The first-order chi connectivity index (χ1) is 9.54. The number of ether oxygens (including phenoxy) is 1. The fraction of sp³-hybridized carbons (Fsp3) is 0.143. The van der Waals surface area contributed by atoms with Crippen LogP contribution in [0.5, 0.6) is 5.75 Å². The molecule has 1 N–H and O–H groups in total. The molecule has 1 amide bonds. The third-order valence-corrected chi connectivity index (χ3v) is 2.48. The summed E-state index contributed by atoms with van der Waals surface area (Å²) < 4.78 is 28.5. The van der Waals surface area contributed by atoms with Gasteiger partial charge in [-0.1, -0.05) is 6.07 Å². The van der Waals surface area contributed by atoms with Crippen LogP contribution in [-0.4, -0.2) is 17.5 Å². The Morgan fingerprint density at radius 2 is 2.10 bits per heavy atom. The maximum atomic E-state index is 12.1. The van der Waals surface area contributed by atoms with E-state index in [0.717, 1.165) is 5.56 Å². The van der Waals surface area contributed by atoms with Crippen molar-refractivity contribution in [2.45, 2.75) is 13.5 Å². The van der Waals surface area contributed by atoms with Crippen LogP contribution in [0.15, 0.2) is 42.6 Å². The molecule has 20 heavy (non-hydrogen) atoms. The van der Waals surface area contributed by atoms with Crippen molar-refractivity contribution >= 4 is 11.7 Å². The number of hydrogen-bond donors (Lipinski definition) is 1. The van der Waals surface area contributed by atoms with E-state index in [0.29, 0.717) is 5.82 Å². The minimum Gasteiger partial charge on any atom is -0.435 e. The molecule has 2 rings (SSSR count). The maximum absolute atomic E-state index is 12.1. The summed E-state index contributed by atoms with van der Waals surface area (Å²) in [6, 6.07) is 9.08. The van der Waals surface area contributed by atoms with Gasteiger partial charge >= 0.3 is 6.61 Å². The number of nitrogens with one attached hydrogen (secondary N) is 1. The van der Waals surface area contributed by atoms with Crippen molar-refractivity contribution in [3.63, 3.8) is 0 Å². The van der Waals surface area contributed by atoms with Gasteiger partial charge in [0.25, 0.3) is 5.91 Å². The second-order valence-electron chi connectivity index (χ2n) is 4.08. The Balaban J connectivity index is 2.13. The molecule has 0 saturated heterocycles. The van der Waals surface area contributed by atoms with E-state index in [-0.39, 0.29) is 11.3 Å². The van der Waals surface area contributed by atoms with Crippen LogP contribution in [0.25, 0.3) is 0 Å². The summed E-state index contributed by atoms with van der Waals surface area (Å²) in [5.41, 5.74) is 1.16. The number of hydrogen-bond acceptors (Lipinski definition) is 3. The first-order valence-corrected chi connectivity index (χ1v) is 5.83. The normalized spacial score (nSPS) is 10.4. The number of rotatable bonds is 4. The Morgan fingerprint density at radius 1 is 1.30 bits per heavy atom. The second-order valence-corrected chi connectivity index (χ2v) is 4.08. The Bertz CT molecular complexity index is 618. The lowest BCUT2D eigenvalue weighted by Gasteiger charge is -2.07. The number of amides is 1. The zero-order chi connectivity index (χ0) is 14.5. The second kappa shape index (κ2) is 6.10. The lowest BCUT2D eigenvalue weighted by atomic mass is 10.2. The number of benzene rings is 1. The number of alkyl halides is 2. The van der Waals surface area contributed by atoms with Gasteiger partial charge in [-0.2, -0.15) is 8.78 Å². The summed E-state index contributed by atoms with van der Waals surface area (Å²) >= 11 is 0. The number of aromatic nitrogens is 1. The van der Waals surface area contributed by atoms with E-state index >= 15 is 0 Å². The molecule has 0 spiro atoms. The van der Waals surface area contributed by atoms with Gasteiger partial charge in [0.05, 0.1) is 0 Å². The van der Waals surface area contributed by atoms with Gasteiger partial charge in [0.15, 0.2) is 0 Å². The number of carbonyl (C=O) groups is 1. The van der Waals surface area contributed by atoms with Crippen LogP contribution in [0.3, 0.4) is 0 Å². The summed E-state index contributed by atoms with van der Waals surface area (Å²) in [6.45, 7) is -1.05. The average molecular weight is 278 g/mol. The zero-order valence-electron chi connectivity index (χ0n) is 10.6. The maximum Gasteiger partial charge on any atom is 0.387 e. The molecule has 0 fully saturated rings. The Kier molecular flexibility index (Phi) is 4.24. The molecular weight excluding hydrogens is 266 g/mol. The molecule has 0 bridgehead atoms. The van der Waals surface area contributed by atoms with Crippen LogP contribution in [0.1, 0.15) is 15.9 Å². The predicted octanol–water partition coefficient (Wildman–Crippen LogP) is 3.24. The van der Waals surface area contributed by atoms with Crippen LogP contribution in [0, 0.1) is 6.92 Å². The largest absolute Gasteiger partial charge is 0.435 e. The molecule has 0 saturated carbocycles. The van der Waals surface area contributed by atoms with Gasteiger partial charge in [0.1, 0.15) is 11.6 Å². The molecule has 0 radical (unpaired) electrons. The number of halogens is 2. The SMILES string of the molecule is Cc1ccnc(NC(=O)c2cccc(OC(F)F)c2)c1. The molecule has 0 aliphatic rings. The molecule has 104 valence electrons. The smallest absolute Gasteiger partial charge is 0.387 e. The van der Waals surface area contributed by atoms with Crippen LogP contribution in [-0.2, 0) is 0 Å². The van der Waals surface area contributed by atoms with E-state index in [1.165, 1.54) is 24.3 Å². The number of anilines is 1. The van der Waals surface area contributed by atoms with E-state index in [1.807, 2.05) is 6.92 Å². The highest BCUT2D eigenvalue weighted by atomic mass is 19.3. The van der Waals surface area contributed by atoms with Gasteiger partial charge in [0, 0.05) is 11.8 Å². The van der Waals surface area contributed by atoms with Crippen LogP contribution < -0.4 is 10.1 Å². The number of pyridine rings is 1. The highest BCUT2D eigenvalue weighted by molar-refractivity contribution is 6.04. The van der Waals surface area contributed by atoms with E-state index in [4.69, 9.17) is 0 Å². The van der Waals surface area contributed by atoms with Crippen LogP contribution in [0.4, 0.5) is 14.6 Å². The van der Waals surface area contributed by atoms with Crippen molar-refractivity contribution < 1.29 is 18.3 Å². The Hall–Kier alpha value is -2.50. The summed E-state index contributed by atoms with van der Waals surface area (Å²) in [5.74, 6) is -0.108. The first kappa shape index (κ1) is 13.9. The monoisotopic (exact) mass is 278 g/mol. The standard InChI is InChI=1S/C14H12F2N2O2/c1-9-5-6-17-12(7-9)18-13(19)10-3-2-4-11(8-10)20-14(15)16/h2-8,14H,1H3,(H,17,18,19). The molecule has 0 atom stereocenters. The van der Waals surface area contributed by atoms with E-state index in [1.54, 1.807) is 18.3 Å². The minimum absolute atomic E-state index is 0.0650. The molecule has 4 nitrogen and oxygen atoms in total. The first-order valence-electron chi connectivity index (χ1n) is 5.83. The molecule has 1 aromatic carbocycles. The fourth-order valence-electron chi connectivity index (χ4n) is 1.61. The highest BCUT2D eigenvalue weighted by Gasteiger charge is 2.10. The van der Waals surface area contributed by atoms with Crippen molar-refractivity contribution in [1.82, 2.24) is 4.98 Å². The fourth-order valence-corrected chi connectivity index (χ4v) is 1.61. The van der Waals surface area contributed by atoms with Crippen LogP contribution in [0.2, 0.25) is 0 Å². The Morgan fingerprint density at radius 3 is 2.80 bits per heavy atom. The summed E-state index contributed by atoms with van der Waals surface area (Å²) in [4.78, 5) is 16.0. The van der Waals surface area contributed by atoms with Crippen molar-refractivity contribution in [3.05, 3.63) is 53.7 Å². The third kappa shape index (κ3) is 3.74. The van der Waals surface area contributed by atoms with Crippen LogP contribution >= 0.6 is 0 Å². The predicted molar refractivity (Wildman–Crippen MR) is 70.0 cm³/mol. The van der Waals surface area contributed by atoms with Crippen molar-refractivity contribution in [3.8, 4) is 5.75 Å². The van der Waals surface area contributed by atoms with Gasteiger partial charge in [0.2, 0.25) is 0 Å². The summed E-state index contributed by atoms with van der Waals surface area (Å²) in [5, 5.41) is 2.59. The average Bonchev–Trinajstić information content (AvgIpc) is 2.38. The van der Waals surface area contributed by atoms with Gasteiger partial charge < -0.3 is 10.1 Å². The number of carbonyl (C=O) groups excluding carboxylic acids is 1. The number of nitrogens with zero attached hydrogens (tertiary/aromatic N) is 1. The lowest BCUT2D eigenvalue weighted by Crippen LogP contribution is -2.13.